The zero-order chi connectivity index (χ0) is 14.4. The van der Waals surface area contributed by atoms with Crippen LogP contribution >= 0.6 is 34.5 Å². The molecular weight excluding hydrogens is 322 g/mol. The van der Waals surface area contributed by atoms with Crippen molar-refractivity contribution in [3.8, 4) is 10.6 Å². The smallest absolute Gasteiger partial charge is 0.168 e. The topological polar surface area (TPSA) is 77.8 Å². The summed E-state index contributed by atoms with van der Waals surface area (Å²) >= 11 is 13.5. The molecule has 3 aromatic rings. The van der Waals surface area contributed by atoms with Gasteiger partial charge in [0.1, 0.15) is 21.0 Å². The molecule has 0 bridgehead atoms. The van der Waals surface area contributed by atoms with E-state index >= 15 is 0 Å². The molecular formula is C12H7Cl2FN4S. The van der Waals surface area contributed by atoms with Crippen LogP contribution in [0.3, 0.4) is 0 Å². The fourth-order valence-electron chi connectivity index (χ4n) is 1.81. The van der Waals surface area contributed by atoms with Crippen LogP contribution in [0.5, 0.6) is 0 Å². The van der Waals surface area contributed by atoms with Gasteiger partial charge >= 0.3 is 0 Å². The minimum atomic E-state index is -0.542. The fraction of sp³-hybridized carbons (Fsp3) is 0. The molecule has 1 aromatic carbocycles. The van der Waals surface area contributed by atoms with Crippen molar-refractivity contribution in [2.75, 3.05) is 11.5 Å². The Morgan fingerprint density at radius 1 is 1.15 bits per heavy atom. The molecule has 3 rings (SSSR count). The molecule has 0 atom stereocenters. The van der Waals surface area contributed by atoms with Crippen molar-refractivity contribution in [3.05, 3.63) is 34.2 Å². The summed E-state index contributed by atoms with van der Waals surface area (Å²) in [6.45, 7) is 0. The number of nitrogens with zero attached hydrogens (tertiary/aromatic N) is 2. The van der Waals surface area contributed by atoms with Crippen molar-refractivity contribution in [3.63, 3.8) is 0 Å². The lowest BCUT2D eigenvalue weighted by Gasteiger charge is -2.04. The average molecular weight is 329 g/mol. The van der Waals surface area contributed by atoms with Crippen molar-refractivity contribution < 1.29 is 4.39 Å². The third-order valence-electron chi connectivity index (χ3n) is 2.68. The lowest BCUT2D eigenvalue weighted by atomic mass is 10.2. The highest BCUT2D eigenvalue weighted by atomic mass is 35.5. The highest BCUT2D eigenvalue weighted by molar-refractivity contribution is 7.22. The molecule has 0 fully saturated rings. The van der Waals surface area contributed by atoms with Gasteiger partial charge in [0, 0.05) is 11.3 Å². The Hall–Kier alpha value is -1.63. The van der Waals surface area contributed by atoms with Gasteiger partial charge in [-0.15, -0.1) is 11.3 Å². The molecule has 0 aliphatic carbocycles. The first-order valence-electron chi connectivity index (χ1n) is 5.42. The zero-order valence-corrected chi connectivity index (χ0v) is 12.2. The van der Waals surface area contributed by atoms with Crippen molar-refractivity contribution in [2.24, 2.45) is 0 Å². The number of pyridine rings is 1. The Morgan fingerprint density at radius 2 is 1.80 bits per heavy atom. The normalized spacial score (nSPS) is 11.2. The predicted octanol–water partition coefficient (Wildman–Crippen LogP) is 3.97. The minimum Gasteiger partial charge on any atom is -0.399 e. The lowest BCUT2D eigenvalue weighted by Crippen LogP contribution is -1.91. The van der Waals surface area contributed by atoms with Crippen LogP contribution in [0.1, 0.15) is 0 Å². The quantitative estimate of drug-likeness (QED) is 0.662. The van der Waals surface area contributed by atoms with E-state index in [-0.39, 0.29) is 11.3 Å². The summed E-state index contributed by atoms with van der Waals surface area (Å²) in [6.07, 6.45) is 1.04. The molecule has 0 unspecified atom stereocenters. The van der Waals surface area contributed by atoms with E-state index in [1.54, 1.807) is 12.1 Å². The van der Waals surface area contributed by atoms with Gasteiger partial charge in [-0.3, -0.25) is 0 Å². The van der Waals surface area contributed by atoms with Crippen LogP contribution < -0.4 is 11.5 Å². The second kappa shape index (κ2) is 4.73. The number of nitrogen functional groups attached to an aromatic ring is 2. The minimum absolute atomic E-state index is 0.154. The Bertz CT molecular complexity index is 772. The van der Waals surface area contributed by atoms with Gasteiger partial charge in [-0.1, -0.05) is 23.2 Å². The van der Waals surface area contributed by atoms with Crippen molar-refractivity contribution >= 4 is 56.3 Å². The van der Waals surface area contributed by atoms with Gasteiger partial charge in [0.2, 0.25) is 0 Å². The van der Waals surface area contributed by atoms with Gasteiger partial charge in [-0.25, -0.2) is 14.4 Å². The molecule has 2 heterocycles. The highest BCUT2D eigenvalue weighted by Crippen LogP contribution is 2.41. The summed E-state index contributed by atoms with van der Waals surface area (Å²) in [5, 5.41) is 1.16. The van der Waals surface area contributed by atoms with Crippen LogP contribution in [0.4, 0.5) is 15.9 Å². The first-order valence-corrected chi connectivity index (χ1v) is 7.00. The zero-order valence-electron chi connectivity index (χ0n) is 9.82. The van der Waals surface area contributed by atoms with E-state index in [2.05, 4.69) is 9.97 Å². The molecule has 0 spiro atoms. The molecule has 4 nitrogen and oxygen atoms in total. The molecule has 2 aromatic heterocycles. The number of thiazole rings is 1. The maximum atomic E-state index is 13.7. The van der Waals surface area contributed by atoms with Crippen LogP contribution in [0, 0.1) is 5.82 Å². The van der Waals surface area contributed by atoms with E-state index in [1.807, 2.05) is 0 Å². The standard InChI is InChI=1S/C12H7Cl2FN4S/c13-5-1-4(16)2-6(14)8(5)12-19-9-7(15)3-18-11(17)10(9)20-12/h1-3H,16H2,(H2,17,18). The van der Waals surface area contributed by atoms with Crippen LogP contribution in [-0.2, 0) is 0 Å². The number of rotatable bonds is 1. The summed E-state index contributed by atoms with van der Waals surface area (Å²) in [5.41, 5.74) is 12.5. The average Bonchev–Trinajstić information content (AvgIpc) is 2.78. The van der Waals surface area contributed by atoms with E-state index in [1.165, 1.54) is 11.3 Å². The molecule has 0 radical (unpaired) electrons. The van der Waals surface area contributed by atoms with Gasteiger partial charge in [-0.2, -0.15) is 0 Å². The van der Waals surface area contributed by atoms with Crippen LogP contribution in [0.15, 0.2) is 18.3 Å². The van der Waals surface area contributed by atoms with E-state index in [4.69, 9.17) is 34.7 Å². The number of benzene rings is 1. The number of hydrogen-bond acceptors (Lipinski definition) is 5. The van der Waals surface area contributed by atoms with E-state index in [0.717, 1.165) is 6.20 Å². The molecule has 0 amide bonds. The van der Waals surface area contributed by atoms with Gasteiger partial charge in [0.25, 0.3) is 0 Å². The van der Waals surface area contributed by atoms with Gasteiger partial charge < -0.3 is 11.5 Å². The predicted molar refractivity (Wildman–Crippen MR) is 81.7 cm³/mol. The van der Waals surface area contributed by atoms with Crippen molar-refractivity contribution in [1.29, 1.82) is 0 Å². The van der Waals surface area contributed by atoms with Crippen molar-refractivity contribution in [2.45, 2.75) is 0 Å². The number of halogens is 3. The first kappa shape index (κ1) is 13.4. The summed E-state index contributed by atoms with van der Waals surface area (Å²) in [6, 6.07) is 3.12. The second-order valence-electron chi connectivity index (χ2n) is 4.05. The van der Waals surface area contributed by atoms with E-state index < -0.39 is 5.82 Å². The largest absolute Gasteiger partial charge is 0.399 e. The number of nitrogens with two attached hydrogens (primary N) is 2. The molecule has 0 aliphatic rings. The Kier molecular flexibility index (Phi) is 3.16. The second-order valence-corrected chi connectivity index (χ2v) is 5.86. The number of hydrogen-bond donors (Lipinski definition) is 2. The van der Waals surface area contributed by atoms with E-state index in [9.17, 15) is 4.39 Å². The van der Waals surface area contributed by atoms with Crippen molar-refractivity contribution in [1.82, 2.24) is 9.97 Å². The molecule has 20 heavy (non-hydrogen) atoms. The summed E-state index contributed by atoms with van der Waals surface area (Å²) < 4.78 is 14.2. The highest BCUT2D eigenvalue weighted by Gasteiger charge is 2.18. The van der Waals surface area contributed by atoms with Crippen LogP contribution in [0.25, 0.3) is 20.8 Å². The van der Waals surface area contributed by atoms with Crippen LogP contribution in [-0.4, -0.2) is 9.97 Å². The van der Waals surface area contributed by atoms with Gasteiger partial charge in [0.05, 0.1) is 16.2 Å². The maximum absolute atomic E-state index is 13.7. The molecule has 8 heteroatoms. The molecule has 0 saturated carbocycles. The monoisotopic (exact) mass is 328 g/mol. The number of anilines is 2. The number of fused-ring (bicyclic) bond motifs is 1. The number of aromatic nitrogens is 2. The van der Waals surface area contributed by atoms with Gasteiger partial charge in [-0.05, 0) is 12.1 Å². The molecule has 102 valence electrons. The third kappa shape index (κ3) is 2.06. The SMILES string of the molecule is Nc1cc(Cl)c(-c2nc3c(F)cnc(N)c3s2)c(Cl)c1. The summed E-state index contributed by atoms with van der Waals surface area (Å²) in [5.74, 6) is -0.327. The molecule has 0 saturated heterocycles. The Balaban J connectivity index is 2.31. The van der Waals surface area contributed by atoms with Gasteiger partial charge in [0.15, 0.2) is 5.82 Å². The Morgan fingerprint density at radius 3 is 2.40 bits per heavy atom. The summed E-state index contributed by atoms with van der Waals surface area (Å²) in [7, 11) is 0. The first-order chi connectivity index (χ1) is 9.47. The fourth-order valence-corrected chi connectivity index (χ4v) is 3.65. The molecule has 4 N–H and O–H groups in total. The van der Waals surface area contributed by atoms with Crippen LogP contribution in [0.2, 0.25) is 10.0 Å². The summed E-state index contributed by atoms with van der Waals surface area (Å²) in [4.78, 5) is 7.97. The lowest BCUT2D eigenvalue weighted by molar-refractivity contribution is 0.632. The maximum Gasteiger partial charge on any atom is 0.168 e. The Labute approximate surface area is 127 Å². The molecule has 0 aliphatic heterocycles. The third-order valence-corrected chi connectivity index (χ3v) is 4.37. The van der Waals surface area contributed by atoms with E-state index in [0.29, 0.717) is 31.0 Å².